The van der Waals surface area contributed by atoms with Crippen LogP contribution in [-0.4, -0.2) is 50.2 Å². The molecule has 0 saturated carbocycles. The average Bonchev–Trinajstić information content (AvgIpc) is 2.92. The Bertz CT molecular complexity index is 394. The van der Waals surface area contributed by atoms with Gasteiger partial charge in [0.2, 0.25) is 0 Å². The van der Waals surface area contributed by atoms with E-state index in [2.05, 4.69) is 5.32 Å². The maximum atomic E-state index is 12.2. The van der Waals surface area contributed by atoms with Gasteiger partial charge < -0.3 is 15.0 Å². The van der Waals surface area contributed by atoms with Gasteiger partial charge in [0.15, 0.2) is 0 Å². The minimum absolute atomic E-state index is 0.141. The Balaban J connectivity index is 1.77. The van der Waals surface area contributed by atoms with Crippen molar-refractivity contribution in [2.45, 2.75) is 18.9 Å². The normalized spacial score (nSPS) is 18.8. The summed E-state index contributed by atoms with van der Waals surface area (Å²) < 4.78 is 5.02. The topological polar surface area (TPSA) is 41.6 Å². The molecule has 1 amide bonds. The van der Waals surface area contributed by atoms with Crippen molar-refractivity contribution in [1.29, 1.82) is 0 Å². The molecular formula is C15H22N2O2. The zero-order valence-corrected chi connectivity index (χ0v) is 11.5. The molecule has 0 aromatic heterocycles. The lowest BCUT2D eigenvalue weighted by Gasteiger charge is -2.17. The molecule has 4 nitrogen and oxygen atoms in total. The van der Waals surface area contributed by atoms with Crippen LogP contribution in [0, 0.1) is 0 Å². The molecule has 1 saturated heterocycles. The quantitative estimate of drug-likeness (QED) is 0.790. The summed E-state index contributed by atoms with van der Waals surface area (Å²) in [5, 5.41) is 3.48. The first-order chi connectivity index (χ1) is 9.31. The summed E-state index contributed by atoms with van der Waals surface area (Å²) in [6, 6.07) is 9.92. The van der Waals surface area contributed by atoms with Crippen LogP contribution in [0.25, 0.3) is 0 Å². The van der Waals surface area contributed by atoms with Crippen LogP contribution in [0.15, 0.2) is 30.3 Å². The van der Waals surface area contributed by atoms with Gasteiger partial charge in [0.1, 0.15) is 0 Å². The molecule has 1 aromatic rings. The molecule has 19 heavy (non-hydrogen) atoms. The third-order valence-electron chi connectivity index (χ3n) is 3.45. The van der Waals surface area contributed by atoms with Gasteiger partial charge in [-0.1, -0.05) is 18.2 Å². The molecular weight excluding hydrogens is 240 g/mol. The Labute approximate surface area is 114 Å². The molecule has 0 radical (unpaired) electrons. The molecule has 1 fully saturated rings. The van der Waals surface area contributed by atoms with Gasteiger partial charge in [0.25, 0.3) is 5.91 Å². The molecule has 0 aliphatic carbocycles. The van der Waals surface area contributed by atoms with Gasteiger partial charge in [-0.15, -0.1) is 0 Å². The molecule has 1 atom stereocenters. The number of likely N-dealkylation sites (tertiary alicyclic amines) is 1. The number of hydrogen-bond donors (Lipinski definition) is 1. The monoisotopic (exact) mass is 262 g/mol. The van der Waals surface area contributed by atoms with Crippen molar-refractivity contribution in [2.75, 3.05) is 33.4 Å². The summed E-state index contributed by atoms with van der Waals surface area (Å²) >= 11 is 0. The molecule has 1 unspecified atom stereocenters. The number of methoxy groups -OCH3 is 1. The summed E-state index contributed by atoms with van der Waals surface area (Å²) in [6.45, 7) is 3.38. The second-order valence-corrected chi connectivity index (χ2v) is 4.90. The standard InChI is InChI=1S/C15H22N2O2/c1-19-11-5-9-16-14-8-10-17(12-14)15(18)13-6-3-2-4-7-13/h2-4,6-7,14,16H,5,8-12H2,1H3. The number of nitrogens with zero attached hydrogens (tertiary/aromatic N) is 1. The molecule has 1 N–H and O–H groups in total. The number of amides is 1. The molecule has 1 aromatic carbocycles. The van der Waals surface area contributed by atoms with Crippen molar-refractivity contribution in [2.24, 2.45) is 0 Å². The van der Waals surface area contributed by atoms with E-state index in [0.29, 0.717) is 6.04 Å². The van der Waals surface area contributed by atoms with Crippen LogP contribution >= 0.6 is 0 Å². The van der Waals surface area contributed by atoms with E-state index in [1.807, 2.05) is 35.2 Å². The van der Waals surface area contributed by atoms with Crippen molar-refractivity contribution >= 4 is 5.91 Å². The summed E-state index contributed by atoms with van der Waals surface area (Å²) in [4.78, 5) is 14.2. The Kier molecular flexibility index (Phi) is 5.36. The van der Waals surface area contributed by atoms with Gasteiger partial charge in [-0.05, 0) is 31.5 Å². The number of carbonyl (C=O) groups excluding carboxylic acids is 1. The van der Waals surface area contributed by atoms with E-state index in [1.54, 1.807) is 7.11 Å². The smallest absolute Gasteiger partial charge is 0.253 e. The van der Waals surface area contributed by atoms with E-state index < -0.39 is 0 Å². The molecule has 2 rings (SSSR count). The van der Waals surface area contributed by atoms with E-state index >= 15 is 0 Å². The first-order valence-corrected chi connectivity index (χ1v) is 6.88. The van der Waals surface area contributed by atoms with Crippen molar-refractivity contribution in [3.63, 3.8) is 0 Å². The Morgan fingerprint density at radius 1 is 1.42 bits per heavy atom. The second kappa shape index (κ2) is 7.26. The fraction of sp³-hybridized carbons (Fsp3) is 0.533. The minimum atomic E-state index is 0.141. The Morgan fingerprint density at radius 3 is 2.95 bits per heavy atom. The van der Waals surface area contributed by atoms with Gasteiger partial charge in [0.05, 0.1) is 0 Å². The summed E-state index contributed by atoms with van der Waals surface area (Å²) in [5.74, 6) is 0.141. The fourth-order valence-corrected chi connectivity index (χ4v) is 2.40. The van der Waals surface area contributed by atoms with Crippen LogP contribution in [0.2, 0.25) is 0 Å². The van der Waals surface area contributed by atoms with E-state index in [9.17, 15) is 4.79 Å². The first-order valence-electron chi connectivity index (χ1n) is 6.88. The molecule has 0 spiro atoms. The SMILES string of the molecule is COCCCNC1CCN(C(=O)c2ccccc2)C1. The third-order valence-corrected chi connectivity index (χ3v) is 3.45. The summed E-state index contributed by atoms with van der Waals surface area (Å²) in [7, 11) is 1.72. The number of ether oxygens (including phenoxy) is 1. The van der Waals surface area contributed by atoms with E-state index in [1.165, 1.54) is 0 Å². The molecule has 0 bridgehead atoms. The zero-order valence-electron chi connectivity index (χ0n) is 11.5. The van der Waals surface area contributed by atoms with Crippen molar-refractivity contribution in [1.82, 2.24) is 10.2 Å². The maximum Gasteiger partial charge on any atom is 0.253 e. The number of rotatable bonds is 6. The molecule has 1 heterocycles. The van der Waals surface area contributed by atoms with Crippen LogP contribution in [0.4, 0.5) is 0 Å². The highest BCUT2D eigenvalue weighted by atomic mass is 16.5. The Hall–Kier alpha value is -1.39. The second-order valence-electron chi connectivity index (χ2n) is 4.90. The highest BCUT2D eigenvalue weighted by molar-refractivity contribution is 5.94. The number of hydrogen-bond acceptors (Lipinski definition) is 3. The Morgan fingerprint density at radius 2 is 2.21 bits per heavy atom. The van der Waals surface area contributed by atoms with Gasteiger partial charge in [-0.2, -0.15) is 0 Å². The number of carbonyl (C=O) groups is 1. The van der Waals surface area contributed by atoms with Gasteiger partial charge >= 0.3 is 0 Å². The highest BCUT2D eigenvalue weighted by Crippen LogP contribution is 2.13. The summed E-state index contributed by atoms with van der Waals surface area (Å²) in [5.41, 5.74) is 0.780. The molecule has 104 valence electrons. The van der Waals surface area contributed by atoms with E-state index in [4.69, 9.17) is 4.74 Å². The van der Waals surface area contributed by atoms with Crippen molar-refractivity contribution < 1.29 is 9.53 Å². The lowest BCUT2D eigenvalue weighted by atomic mass is 10.2. The zero-order chi connectivity index (χ0) is 13.5. The molecule has 4 heteroatoms. The molecule has 1 aliphatic rings. The maximum absolute atomic E-state index is 12.2. The predicted octanol–water partition coefficient (Wildman–Crippen LogP) is 1.53. The largest absolute Gasteiger partial charge is 0.385 e. The highest BCUT2D eigenvalue weighted by Gasteiger charge is 2.26. The minimum Gasteiger partial charge on any atom is -0.385 e. The lowest BCUT2D eigenvalue weighted by Crippen LogP contribution is -2.35. The van der Waals surface area contributed by atoms with Crippen LogP contribution in [0.3, 0.4) is 0 Å². The lowest BCUT2D eigenvalue weighted by molar-refractivity contribution is 0.0789. The van der Waals surface area contributed by atoms with Crippen molar-refractivity contribution in [3.05, 3.63) is 35.9 Å². The van der Waals surface area contributed by atoms with E-state index in [-0.39, 0.29) is 5.91 Å². The average molecular weight is 262 g/mol. The van der Waals surface area contributed by atoms with Crippen LogP contribution in [0.5, 0.6) is 0 Å². The van der Waals surface area contributed by atoms with Gasteiger partial charge in [-0.3, -0.25) is 4.79 Å². The number of nitrogens with one attached hydrogen (secondary N) is 1. The summed E-state index contributed by atoms with van der Waals surface area (Å²) in [6.07, 6.45) is 2.05. The predicted molar refractivity (Wildman–Crippen MR) is 75.2 cm³/mol. The fourth-order valence-electron chi connectivity index (χ4n) is 2.40. The van der Waals surface area contributed by atoms with Crippen LogP contribution in [-0.2, 0) is 4.74 Å². The van der Waals surface area contributed by atoms with Gasteiger partial charge in [-0.25, -0.2) is 0 Å². The van der Waals surface area contributed by atoms with Crippen LogP contribution < -0.4 is 5.32 Å². The third kappa shape index (κ3) is 4.04. The molecule has 1 aliphatic heterocycles. The number of benzene rings is 1. The van der Waals surface area contributed by atoms with Crippen LogP contribution in [0.1, 0.15) is 23.2 Å². The first kappa shape index (κ1) is 14.0. The van der Waals surface area contributed by atoms with Crippen molar-refractivity contribution in [3.8, 4) is 0 Å². The van der Waals surface area contributed by atoms with Gasteiger partial charge in [0, 0.05) is 38.4 Å². The van der Waals surface area contributed by atoms with E-state index in [0.717, 1.165) is 44.6 Å².